The van der Waals surface area contributed by atoms with Crippen molar-refractivity contribution in [1.82, 2.24) is 15.0 Å². The van der Waals surface area contributed by atoms with Gasteiger partial charge in [-0.3, -0.25) is 0 Å². The highest BCUT2D eigenvalue weighted by Crippen LogP contribution is 2.33. The first-order chi connectivity index (χ1) is 16.8. The van der Waals surface area contributed by atoms with E-state index in [1.165, 1.54) is 6.42 Å². The average molecular weight is 481 g/mol. The topological polar surface area (TPSA) is 124 Å². The molecule has 1 aliphatic carbocycles. The van der Waals surface area contributed by atoms with Gasteiger partial charge in [0.05, 0.1) is 0 Å². The zero-order chi connectivity index (χ0) is 24.9. The van der Waals surface area contributed by atoms with Crippen molar-refractivity contribution in [1.29, 1.82) is 5.41 Å². The number of hydrogen-bond donors (Lipinski definition) is 3. The second kappa shape index (κ2) is 11.1. The molecule has 3 N–H and O–H groups in total. The summed E-state index contributed by atoms with van der Waals surface area (Å²) in [4.78, 5) is 27.7. The molecule has 0 amide bonds. The molecule has 2 fully saturated rings. The highest BCUT2D eigenvalue weighted by atomic mass is 16.5. The quantitative estimate of drug-likeness (QED) is 0.468. The van der Waals surface area contributed by atoms with Crippen LogP contribution in [0.3, 0.4) is 0 Å². The molecule has 2 aromatic heterocycles. The van der Waals surface area contributed by atoms with Crippen molar-refractivity contribution in [2.45, 2.75) is 70.9 Å². The van der Waals surface area contributed by atoms with Gasteiger partial charge in [0, 0.05) is 61.6 Å². The largest absolute Gasteiger partial charge is 0.477 e. The van der Waals surface area contributed by atoms with E-state index in [4.69, 9.17) is 10.1 Å². The Morgan fingerprint density at radius 1 is 1.14 bits per heavy atom. The number of hydrogen-bond acceptors (Lipinski definition) is 8. The average Bonchev–Trinajstić information content (AvgIpc) is 2.88. The van der Waals surface area contributed by atoms with Crippen molar-refractivity contribution < 1.29 is 14.6 Å². The van der Waals surface area contributed by atoms with Crippen LogP contribution in [0.2, 0.25) is 0 Å². The molecule has 4 rings (SSSR count). The van der Waals surface area contributed by atoms with E-state index in [0.29, 0.717) is 40.2 Å². The number of nitrogens with one attached hydrogen (secondary N) is 2. The number of ether oxygens (including phenoxy) is 1. The number of aromatic nitrogens is 3. The normalized spacial score (nSPS) is 17.4. The van der Waals surface area contributed by atoms with E-state index in [9.17, 15) is 9.90 Å². The molecule has 0 aromatic carbocycles. The number of carbonyl (C=O) groups is 1. The van der Waals surface area contributed by atoms with Gasteiger partial charge in [-0.25, -0.2) is 19.7 Å². The van der Waals surface area contributed by atoms with Gasteiger partial charge in [0.2, 0.25) is 5.95 Å². The van der Waals surface area contributed by atoms with Crippen LogP contribution in [0.4, 0.5) is 11.8 Å². The Hall–Kier alpha value is -3.07. The number of pyridine rings is 1. The monoisotopic (exact) mass is 480 g/mol. The number of rotatable bonds is 8. The van der Waals surface area contributed by atoms with E-state index < -0.39 is 5.97 Å². The van der Waals surface area contributed by atoms with Crippen LogP contribution >= 0.6 is 0 Å². The molecule has 0 atom stereocenters. The lowest BCUT2D eigenvalue weighted by molar-refractivity contribution is 0.0690. The molecule has 0 radical (unpaired) electrons. The summed E-state index contributed by atoms with van der Waals surface area (Å²) in [7, 11) is 1.99. The molecule has 188 valence electrons. The highest BCUT2D eigenvalue weighted by molar-refractivity contribution is 6.09. The van der Waals surface area contributed by atoms with Crippen molar-refractivity contribution in [3.63, 3.8) is 0 Å². The first kappa shape index (κ1) is 25.0. The number of aromatic carboxylic acids is 1. The third-order valence-corrected chi connectivity index (χ3v) is 7.03. The second-order valence-corrected chi connectivity index (χ2v) is 9.86. The summed E-state index contributed by atoms with van der Waals surface area (Å²) in [6.45, 7) is 5.40. The van der Waals surface area contributed by atoms with Gasteiger partial charge in [0.1, 0.15) is 5.82 Å². The van der Waals surface area contributed by atoms with Crippen molar-refractivity contribution in [3.05, 3.63) is 29.7 Å². The minimum Gasteiger partial charge on any atom is -0.477 e. The van der Waals surface area contributed by atoms with E-state index in [1.807, 2.05) is 20.9 Å². The minimum atomic E-state index is -1.10. The Morgan fingerprint density at radius 2 is 1.80 bits per heavy atom. The molecule has 1 saturated carbocycles. The Morgan fingerprint density at radius 3 is 2.40 bits per heavy atom. The summed E-state index contributed by atoms with van der Waals surface area (Å²) >= 11 is 0. The fourth-order valence-corrected chi connectivity index (χ4v) is 4.87. The lowest BCUT2D eigenvalue weighted by Gasteiger charge is -2.31. The summed E-state index contributed by atoms with van der Waals surface area (Å²) in [5.74, 6) is -0.0709. The summed E-state index contributed by atoms with van der Waals surface area (Å²) in [6.07, 6.45) is 10.8. The van der Waals surface area contributed by atoms with Crippen LogP contribution in [0.1, 0.15) is 74.8 Å². The second-order valence-electron chi connectivity index (χ2n) is 9.86. The molecule has 0 spiro atoms. The Labute approximate surface area is 206 Å². The molecule has 9 nitrogen and oxygen atoms in total. The maximum absolute atomic E-state index is 12.0. The van der Waals surface area contributed by atoms with Crippen LogP contribution in [0.25, 0.3) is 11.1 Å². The zero-order valence-corrected chi connectivity index (χ0v) is 20.9. The van der Waals surface area contributed by atoms with E-state index >= 15 is 0 Å². The fraction of sp³-hybridized carbons (Fsp3) is 0.577. The molecule has 3 heterocycles. The molecule has 1 aliphatic heterocycles. The van der Waals surface area contributed by atoms with Crippen molar-refractivity contribution >= 4 is 23.4 Å². The molecule has 0 unspecified atom stereocenters. The van der Waals surface area contributed by atoms with Crippen LogP contribution in [-0.2, 0) is 4.74 Å². The molecular weight excluding hydrogens is 444 g/mol. The molecule has 35 heavy (non-hydrogen) atoms. The van der Waals surface area contributed by atoms with Crippen LogP contribution in [-0.4, -0.2) is 64.1 Å². The highest BCUT2D eigenvalue weighted by Gasteiger charge is 2.25. The van der Waals surface area contributed by atoms with Crippen molar-refractivity contribution in [2.75, 3.05) is 30.5 Å². The SMILES string of the molecule is CC(C)C(=N)c1c(-c2cnc(N(C)C3CCOCC3)nc2)cc(C(=O)O)nc1NC1CCCCC1. The van der Waals surface area contributed by atoms with E-state index in [-0.39, 0.29) is 17.7 Å². The molecule has 2 aliphatic rings. The number of nitrogens with zero attached hydrogens (tertiary/aromatic N) is 4. The number of anilines is 2. The minimum absolute atomic E-state index is 0.0537. The van der Waals surface area contributed by atoms with E-state index in [2.05, 4.69) is 25.2 Å². The third-order valence-electron chi connectivity index (χ3n) is 7.03. The predicted octanol–water partition coefficient (Wildman–Crippen LogP) is 4.62. The maximum atomic E-state index is 12.0. The molecule has 0 bridgehead atoms. The molecule has 2 aromatic rings. The van der Waals surface area contributed by atoms with Crippen LogP contribution in [0.15, 0.2) is 18.5 Å². The van der Waals surface area contributed by atoms with Crippen LogP contribution in [0.5, 0.6) is 0 Å². The van der Waals surface area contributed by atoms with E-state index in [1.54, 1.807) is 18.5 Å². The van der Waals surface area contributed by atoms with Gasteiger partial charge >= 0.3 is 5.97 Å². The number of carboxylic acid groups (broad SMARTS) is 1. The third kappa shape index (κ3) is 5.78. The Balaban J connectivity index is 1.74. The van der Waals surface area contributed by atoms with Gasteiger partial charge in [-0.1, -0.05) is 33.1 Å². The van der Waals surface area contributed by atoms with Crippen molar-refractivity contribution in [2.24, 2.45) is 5.92 Å². The zero-order valence-electron chi connectivity index (χ0n) is 20.9. The lowest BCUT2D eigenvalue weighted by atomic mass is 9.91. The first-order valence-corrected chi connectivity index (χ1v) is 12.6. The van der Waals surface area contributed by atoms with Crippen LogP contribution < -0.4 is 10.2 Å². The molecular formula is C26H36N6O3. The van der Waals surface area contributed by atoms with Gasteiger partial charge in [0.15, 0.2) is 5.69 Å². The lowest BCUT2D eigenvalue weighted by Crippen LogP contribution is -2.37. The Kier molecular flexibility index (Phi) is 7.95. The summed E-state index contributed by atoms with van der Waals surface area (Å²) < 4.78 is 5.47. The van der Waals surface area contributed by atoms with Gasteiger partial charge in [-0.05, 0) is 43.2 Å². The Bertz CT molecular complexity index is 1040. The molecule has 9 heteroatoms. The van der Waals surface area contributed by atoms with Crippen LogP contribution in [0, 0.1) is 11.3 Å². The predicted molar refractivity (Wildman–Crippen MR) is 137 cm³/mol. The standard InChI is InChI=1S/C26H36N6O3/c1-16(2)23(27)22-20(13-21(25(33)34)31-24(22)30-18-7-5-4-6-8-18)17-14-28-26(29-15-17)32(3)19-9-11-35-12-10-19/h13-16,18-19,27H,4-12H2,1-3H3,(H,30,31)(H,33,34). The fourth-order valence-electron chi connectivity index (χ4n) is 4.87. The van der Waals surface area contributed by atoms with Gasteiger partial charge in [-0.2, -0.15) is 0 Å². The first-order valence-electron chi connectivity index (χ1n) is 12.6. The van der Waals surface area contributed by atoms with Gasteiger partial charge < -0.3 is 25.5 Å². The van der Waals surface area contributed by atoms with Crippen molar-refractivity contribution in [3.8, 4) is 11.1 Å². The van der Waals surface area contributed by atoms with Gasteiger partial charge in [0.25, 0.3) is 0 Å². The number of carboxylic acids is 1. The molecule has 1 saturated heterocycles. The van der Waals surface area contributed by atoms with E-state index in [0.717, 1.165) is 51.7 Å². The van der Waals surface area contributed by atoms with Gasteiger partial charge in [-0.15, -0.1) is 0 Å². The summed E-state index contributed by atoms with van der Waals surface area (Å²) in [5.41, 5.74) is 2.28. The summed E-state index contributed by atoms with van der Waals surface area (Å²) in [6, 6.07) is 2.09. The summed E-state index contributed by atoms with van der Waals surface area (Å²) in [5, 5.41) is 22.1. The smallest absolute Gasteiger partial charge is 0.354 e. The maximum Gasteiger partial charge on any atom is 0.354 e.